The summed E-state index contributed by atoms with van der Waals surface area (Å²) in [6, 6.07) is 0. The van der Waals surface area contributed by atoms with Gasteiger partial charge in [0.15, 0.2) is 0 Å². The van der Waals surface area contributed by atoms with Crippen molar-refractivity contribution in [3.63, 3.8) is 0 Å². The van der Waals surface area contributed by atoms with E-state index in [1.165, 1.54) is 38.5 Å². The summed E-state index contributed by atoms with van der Waals surface area (Å²) in [5, 5.41) is 0. The summed E-state index contributed by atoms with van der Waals surface area (Å²) in [5.74, 6) is 2.01. The number of rotatable bonds is 1. The summed E-state index contributed by atoms with van der Waals surface area (Å²) in [6.07, 6.45) is 8.64. The summed E-state index contributed by atoms with van der Waals surface area (Å²) >= 11 is 3.92. The van der Waals surface area contributed by atoms with Crippen molar-refractivity contribution in [1.29, 1.82) is 0 Å². The molecule has 0 aromatic carbocycles. The Balaban J connectivity index is 2.13. The van der Waals surface area contributed by atoms with Crippen LogP contribution in [-0.4, -0.2) is 4.32 Å². The SMILES string of the molecule is CCC1CC2CC(C)(Br)CC(C)(C1)C2. The molecule has 0 aromatic rings. The van der Waals surface area contributed by atoms with E-state index in [0.29, 0.717) is 9.74 Å². The molecule has 0 radical (unpaired) electrons. The Morgan fingerprint density at radius 2 is 1.93 bits per heavy atom. The van der Waals surface area contributed by atoms with Crippen LogP contribution in [0.1, 0.15) is 59.3 Å². The molecule has 1 heteroatoms. The first-order valence-electron chi connectivity index (χ1n) is 6.11. The molecule has 4 unspecified atom stereocenters. The van der Waals surface area contributed by atoms with Crippen LogP contribution in [0.15, 0.2) is 0 Å². The van der Waals surface area contributed by atoms with Gasteiger partial charge in [-0.15, -0.1) is 0 Å². The zero-order chi connectivity index (χ0) is 10.4. The fourth-order valence-electron chi connectivity index (χ4n) is 4.29. The molecule has 0 amide bonds. The second kappa shape index (κ2) is 3.50. The van der Waals surface area contributed by atoms with E-state index in [2.05, 4.69) is 36.7 Å². The van der Waals surface area contributed by atoms with Crippen molar-refractivity contribution in [2.45, 2.75) is 63.6 Å². The molecule has 2 bridgehead atoms. The van der Waals surface area contributed by atoms with Crippen molar-refractivity contribution >= 4 is 15.9 Å². The molecule has 2 rings (SSSR count). The Morgan fingerprint density at radius 1 is 1.21 bits per heavy atom. The van der Waals surface area contributed by atoms with Gasteiger partial charge in [0.05, 0.1) is 0 Å². The average Bonchev–Trinajstić information content (AvgIpc) is 1.97. The Hall–Kier alpha value is 0.480. The lowest BCUT2D eigenvalue weighted by Gasteiger charge is -2.51. The van der Waals surface area contributed by atoms with E-state index < -0.39 is 0 Å². The lowest BCUT2D eigenvalue weighted by atomic mass is 9.57. The minimum absolute atomic E-state index is 0.434. The second-order valence-electron chi connectivity index (χ2n) is 6.39. The minimum Gasteiger partial charge on any atom is -0.0856 e. The fourth-order valence-corrected chi connectivity index (χ4v) is 5.42. The van der Waals surface area contributed by atoms with E-state index in [1.807, 2.05) is 0 Å². The monoisotopic (exact) mass is 258 g/mol. The molecule has 0 spiro atoms. The Kier molecular flexibility index (Phi) is 2.75. The summed E-state index contributed by atoms with van der Waals surface area (Å²) in [7, 11) is 0. The maximum absolute atomic E-state index is 3.92. The van der Waals surface area contributed by atoms with Crippen LogP contribution in [-0.2, 0) is 0 Å². The first-order valence-corrected chi connectivity index (χ1v) is 6.91. The second-order valence-corrected chi connectivity index (χ2v) is 8.30. The van der Waals surface area contributed by atoms with E-state index in [9.17, 15) is 0 Å². The van der Waals surface area contributed by atoms with Gasteiger partial charge in [-0.3, -0.25) is 0 Å². The highest BCUT2D eigenvalue weighted by atomic mass is 79.9. The minimum atomic E-state index is 0.434. The van der Waals surface area contributed by atoms with E-state index in [1.54, 1.807) is 0 Å². The highest BCUT2D eigenvalue weighted by Gasteiger charge is 2.46. The van der Waals surface area contributed by atoms with Crippen molar-refractivity contribution < 1.29 is 0 Å². The van der Waals surface area contributed by atoms with E-state index in [-0.39, 0.29) is 0 Å². The Labute approximate surface area is 97.0 Å². The third kappa shape index (κ3) is 2.18. The molecule has 2 aliphatic rings. The average molecular weight is 259 g/mol. The van der Waals surface area contributed by atoms with Crippen LogP contribution < -0.4 is 0 Å². The van der Waals surface area contributed by atoms with Gasteiger partial charge < -0.3 is 0 Å². The molecular formula is C13H23Br. The van der Waals surface area contributed by atoms with Gasteiger partial charge in [0.1, 0.15) is 0 Å². The van der Waals surface area contributed by atoms with Crippen molar-refractivity contribution in [2.24, 2.45) is 17.3 Å². The summed E-state index contributed by atoms with van der Waals surface area (Å²) in [6.45, 7) is 7.27. The van der Waals surface area contributed by atoms with E-state index in [0.717, 1.165) is 11.8 Å². The van der Waals surface area contributed by atoms with Gasteiger partial charge in [0.25, 0.3) is 0 Å². The third-order valence-electron chi connectivity index (χ3n) is 4.32. The van der Waals surface area contributed by atoms with Crippen LogP contribution >= 0.6 is 15.9 Å². The highest BCUT2D eigenvalue weighted by Crippen LogP contribution is 2.56. The molecule has 82 valence electrons. The Morgan fingerprint density at radius 3 is 2.50 bits per heavy atom. The molecule has 0 nitrogen and oxygen atoms in total. The predicted octanol–water partition coefficient (Wildman–Crippen LogP) is 4.77. The molecule has 0 aromatic heterocycles. The van der Waals surface area contributed by atoms with Crippen LogP contribution in [0.2, 0.25) is 0 Å². The molecule has 4 atom stereocenters. The summed E-state index contributed by atoms with van der Waals surface area (Å²) < 4.78 is 0.434. The predicted molar refractivity (Wildman–Crippen MR) is 65.8 cm³/mol. The largest absolute Gasteiger partial charge is 0.0856 e. The first kappa shape index (κ1) is 11.0. The molecule has 2 aliphatic carbocycles. The maximum atomic E-state index is 3.92. The highest BCUT2D eigenvalue weighted by molar-refractivity contribution is 9.10. The van der Waals surface area contributed by atoms with Crippen LogP contribution in [0.4, 0.5) is 0 Å². The lowest BCUT2D eigenvalue weighted by molar-refractivity contribution is 0.0392. The van der Waals surface area contributed by atoms with Crippen molar-refractivity contribution in [2.75, 3.05) is 0 Å². The molecule has 0 saturated heterocycles. The van der Waals surface area contributed by atoms with Crippen molar-refractivity contribution in [3.05, 3.63) is 0 Å². The summed E-state index contributed by atoms with van der Waals surface area (Å²) in [5.41, 5.74) is 0.639. The van der Waals surface area contributed by atoms with Gasteiger partial charge in [0.2, 0.25) is 0 Å². The summed E-state index contributed by atoms with van der Waals surface area (Å²) in [4.78, 5) is 0. The molecule has 2 saturated carbocycles. The number of hydrogen-bond donors (Lipinski definition) is 0. The fraction of sp³-hybridized carbons (Fsp3) is 1.00. The zero-order valence-electron chi connectivity index (χ0n) is 9.78. The van der Waals surface area contributed by atoms with Crippen LogP contribution in [0, 0.1) is 17.3 Å². The number of halogens is 1. The number of fused-ring (bicyclic) bond motifs is 2. The van der Waals surface area contributed by atoms with Gasteiger partial charge in [-0.25, -0.2) is 0 Å². The topological polar surface area (TPSA) is 0 Å². The number of hydrogen-bond acceptors (Lipinski definition) is 0. The smallest absolute Gasteiger partial charge is 0.0237 e. The van der Waals surface area contributed by atoms with Crippen LogP contribution in [0.5, 0.6) is 0 Å². The van der Waals surface area contributed by atoms with Gasteiger partial charge in [-0.1, -0.05) is 36.2 Å². The van der Waals surface area contributed by atoms with Gasteiger partial charge in [-0.2, -0.15) is 0 Å². The molecule has 0 aliphatic heterocycles. The number of alkyl halides is 1. The first-order chi connectivity index (χ1) is 6.42. The molecule has 0 heterocycles. The standard InChI is InChI=1S/C13H23Br/c1-4-10-5-11-7-12(2,6-10)9-13(3,14)8-11/h10-11H,4-9H2,1-3H3. The normalized spacial score (nSPS) is 53.1. The molecule has 14 heavy (non-hydrogen) atoms. The molecule has 2 fully saturated rings. The van der Waals surface area contributed by atoms with Crippen LogP contribution in [0.25, 0.3) is 0 Å². The van der Waals surface area contributed by atoms with Gasteiger partial charge in [0, 0.05) is 4.32 Å². The third-order valence-corrected chi connectivity index (χ3v) is 4.92. The van der Waals surface area contributed by atoms with Gasteiger partial charge >= 0.3 is 0 Å². The lowest BCUT2D eigenvalue weighted by Crippen LogP contribution is -2.43. The maximum Gasteiger partial charge on any atom is 0.0237 e. The molecule has 0 N–H and O–H groups in total. The molecular weight excluding hydrogens is 236 g/mol. The zero-order valence-corrected chi connectivity index (χ0v) is 11.4. The van der Waals surface area contributed by atoms with Crippen LogP contribution in [0.3, 0.4) is 0 Å². The quantitative estimate of drug-likeness (QED) is 0.595. The van der Waals surface area contributed by atoms with Gasteiger partial charge in [-0.05, 0) is 56.3 Å². The Bertz CT molecular complexity index is 219. The van der Waals surface area contributed by atoms with Crippen molar-refractivity contribution in [1.82, 2.24) is 0 Å². The van der Waals surface area contributed by atoms with E-state index >= 15 is 0 Å². The van der Waals surface area contributed by atoms with E-state index in [4.69, 9.17) is 0 Å². The van der Waals surface area contributed by atoms with Crippen molar-refractivity contribution in [3.8, 4) is 0 Å².